The minimum absolute atomic E-state index is 0. The predicted octanol–water partition coefficient (Wildman–Crippen LogP) is 0.228. The first kappa shape index (κ1) is 11.8. The van der Waals surface area contributed by atoms with Crippen LogP contribution in [0.3, 0.4) is 0 Å². The molecule has 3 nitrogen and oxygen atoms in total. The smallest absolute Gasteiger partial charge is 0.318 e. The molecule has 0 saturated heterocycles. The molecule has 0 aliphatic heterocycles. The van der Waals surface area contributed by atoms with Crippen molar-refractivity contribution in [3.8, 4) is 0 Å². The fourth-order valence-electron chi connectivity index (χ4n) is 0.406. The molecular weight excluding hydrogens is 157 g/mol. The minimum Gasteiger partial charge on any atom is -0.480 e. The van der Waals surface area contributed by atoms with Gasteiger partial charge < -0.3 is 10.4 Å². The van der Waals surface area contributed by atoms with Crippen molar-refractivity contribution in [1.82, 2.24) is 5.32 Å². The van der Waals surface area contributed by atoms with Gasteiger partial charge in [-0.2, -0.15) is 0 Å². The molecule has 2 N–H and O–H groups in total. The van der Waals surface area contributed by atoms with Crippen LogP contribution in [-0.2, 0) is 23.4 Å². The first-order valence-electron chi connectivity index (χ1n) is 2.47. The predicted molar refractivity (Wildman–Crippen MR) is 30.2 cm³/mol. The minimum atomic E-state index is -0.845. The van der Waals surface area contributed by atoms with Gasteiger partial charge in [0.1, 0.15) is 0 Å². The number of carboxylic acids is 1. The quantitative estimate of drug-likeness (QED) is 0.591. The second kappa shape index (κ2) is 6.14. The van der Waals surface area contributed by atoms with Crippen molar-refractivity contribution in [2.45, 2.75) is 19.4 Å². The molecule has 0 aromatic heterocycles. The standard InChI is InChI=1S/C5H10NO2.V/c1-3-4(6-2)5(7)8;/h4,6H,2-3H2,1H3,(H,7,8);/q-1;. The van der Waals surface area contributed by atoms with Crippen LogP contribution in [0.5, 0.6) is 0 Å². The third-order valence-corrected chi connectivity index (χ3v) is 0.953. The van der Waals surface area contributed by atoms with Gasteiger partial charge in [0.05, 0.1) is 6.04 Å². The van der Waals surface area contributed by atoms with Gasteiger partial charge in [-0.25, -0.2) is 0 Å². The Labute approximate surface area is 66.7 Å². The SMILES string of the molecule is [CH2-]NC(CC)C(=O)O.[V]. The second-order valence-electron chi connectivity index (χ2n) is 1.50. The van der Waals surface area contributed by atoms with Crippen molar-refractivity contribution in [3.63, 3.8) is 0 Å². The van der Waals surface area contributed by atoms with E-state index in [2.05, 4.69) is 12.4 Å². The molecular formula is C5H10NO2V-. The molecule has 4 heteroatoms. The zero-order valence-electron chi connectivity index (χ0n) is 5.29. The van der Waals surface area contributed by atoms with Crippen LogP contribution in [0.2, 0.25) is 0 Å². The van der Waals surface area contributed by atoms with Gasteiger partial charge in [0.15, 0.2) is 0 Å². The number of aliphatic carboxylic acids is 1. The summed E-state index contributed by atoms with van der Waals surface area (Å²) in [5.74, 6) is -0.845. The van der Waals surface area contributed by atoms with Gasteiger partial charge in [-0.3, -0.25) is 11.8 Å². The first-order valence-corrected chi connectivity index (χ1v) is 2.47. The topological polar surface area (TPSA) is 49.3 Å². The van der Waals surface area contributed by atoms with E-state index in [-0.39, 0.29) is 18.6 Å². The number of carbonyl (C=O) groups is 1. The van der Waals surface area contributed by atoms with E-state index in [1.165, 1.54) is 0 Å². The maximum atomic E-state index is 10.1. The van der Waals surface area contributed by atoms with E-state index in [0.29, 0.717) is 6.42 Å². The maximum Gasteiger partial charge on any atom is 0.318 e. The summed E-state index contributed by atoms with van der Waals surface area (Å²) in [5.41, 5.74) is 0. The molecule has 0 rings (SSSR count). The molecule has 0 aliphatic carbocycles. The average molecular weight is 167 g/mol. The summed E-state index contributed by atoms with van der Waals surface area (Å²) >= 11 is 0. The molecule has 1 radical (unpaired) electrons. The van der Waals surface area contributed by atoms with Crippen LogP contribution >= 0.6 is 0 Å². The maximum absolute atomic E-state index is 10.1. The molecule has 0 fully saturated rings. The van der Waals surface area contributed by atoms with Crippen LogP contribution in [0.1, 0.15) is 13.3 Å². The third kappa shape index (κ3) is 4.51. The van der Waals surface area contributed by atoms with Crippen LogP contribution in [0, 0.1) is 7.05 Å². The average Bonchev–Trinajstić information content (AvgIpc) is 1.69. The Balaban J connectivity index is 0. The number of nitrogens with one attached hydrogen (secondary N) is 1. The van der Waals surface area contributed by atoms with Crippen LogP contribution < -0.4 is 5.32 Å². The Kier molecular flexibility index (Phi) is 8.03. The van der Waals surface area contributed by atoms with Gasteiger partial charge in [0, 0.05) is 18.6 Å². The summed E-state index contributed by atoms with van der Waals surface area (Å²) in [6, 6.07) is -0.491. The summed E-state index contributed by atoms with van der Waals surface area (Å²) in [4.78, 5) is 10.1. The van der Waals surface area contributed by atoms with E-state index in [9.17, 15) is 4.79 Å². The molecule has 0 heterocycles. The largest absolute Gasteiger partial charge is 0.480 e. The molecule has 1 unspecified atom stereocenters. The summed E-state index contributed by atoms with van der Waals surface area (Å²) in [6.45, 7) is 1.79. The molecule has 0 amide bonds. The Morgan fingerprint density at radius 2 is 2.33 bits per heavy atom. The first-order chi connectivity index (χ1) is 3.72. The normalized spacial score (nSPS) is 11.8. The van der Waals surface area contributed by atoms with Gasteiger partial charge in [-0.1, -0.05) is 6.92 Å². The number of hydrogen-bond donors (Lipinski definition) is 2. The van der Waals surface area contributed by atoms with Crippen molar-refractivity contribution >= 4 is 5.97 Å². The summed E-state index contributed by atoms with van der Waals surface area (Å²) < 4.78 is 0. The molecule has 0 bridgehead atoms. The number of carboxylic acid groups (broad SMARTS) is 1. The van der Waals surface area contributed by atoms with Gasteiger partial charge in [0.2, 0.25) is 0 Å². The van der Waals surface area contributed by atoms with Crippen LogP contribution in [0.25, 0.3) is 0 Å². The van der Waals surface area contributed by atoms with Crippen molar-refractivity contribution in [2.75, 3.05) is 0 Å². The number of hydrogen-bond acceptors (Lipinski definition) is 2. The van der Waals surface area contributed by atoms with Gasteiger partial charge in [0.25, 0.3) is 0 Å². The zero-order chi connectivity index (χ0) is 6.57. The van der Waals surface area contributed by atoms with E-state index in [0.717, 1.165) is 0 Å². The molecule has 9 heavy (non-hydrogen) atoms. The summed E-state index contributed by atoms with van der Waals surface area (Å²) in [7, 11) is 3.25. The Bertz CT molecular complexity index is 83.0. The number of rotatable bonds is 3. The fraction of sp³-hybridized carbons (Fsp3) is 0.600. The van der Waals surface area contributed by atoms with Gasteiger partial charge in [-0.05, 0) is 6.42 Å². The van der Waals surface area contributed by atoms with Crippen LogP contribution in [-0.4, -0.2) is 17.1 Å². The zero-order valence-corrected chi connectivity index (χ0v) is 6.69. The van der Waals surface area contributed by atoms with Crippen molar-refractivity contribution in [2.24, 2.45) is 0 Å². The van der Waals surface area contributed by atoms with Gasteiger partial charge in [-0.15, -0.1) is 0 Å². The van der Waals surface area contributed by atoms with Gasteiger partial charge >= 0.3 is 5.97 Å². The Morgan fingerprint density at radius 1 is 1.89 bits per heavy atom. The third-order valence-electron chi connectivity index (χ3n) is 0.953. The molecule has 0 aromatic rings. The molecule has 0 saturated carbocycles. The van der Waals surface area contributed by atoms with Crippen LogP contribution in [0.4, 0.5) is 0 Å². The van der Waals surface area contributed by atoms with E-state index < -0.39 is 12.0 Å². The van der Waals surface area contributed by atoms with E-state index in [4.69, 9.17) is 5.11 Å². The second-order valence-corrected chi connectivity index (χ2v) is 1.50. The molecule has 1 atom stereocenters. The van der Waals surface area contributed by atoms with Crippen LogP contribution in [0.15, 0.2) is 0 Å². The Hall–Kier alpha value is 0.0144. The molecule has 0 aliphatic rings. The molecule has 53 valence electrons. The van der Waals surface area contributed by atoms with E-state index in [1.807, 2.05) is 0 Å². The Morgan fingerprint density at radius 3 is 2.33 bits per heavy atom. The van der Waals surface area contributed by atoms with Crippen molar-refractivity contribution in [1.29, 1.82) is 0 Å². The fourth-order valence-corrected chi connectivity index (χ4v) is 0.406. The molecule has 0 aromatic carbocycles. The molecule has 0 spiro atoms. The van der Waals surface area contributed by atoms with E-state index >= 15 is 0 Å². The summed E-state index contributed by atoms with van der Waals surface area (Å²) in [6.07, 6.45) is 0.568. The summed E-state index contributed by atoms with van der Waals surface area (Å²) in [5, 5.41) is 10.7. The van der Waals surface area contributed by atoms with Crippen molar-refractivity contribution in [3.05, 3.63) is 7.05 Å². The van der Waals surface area contributed by atoms with E-state index in [1.54, 1.807) is 6.92 Å². The van der Waals surface area contributed by atoms with Crippen molar-refractivity contribution < 1.29 is 28.5 Å². The monoisotopic (exact) mass is 167 g/mol.